The zero-order valence-corrected chi connectivity index (χ0v) is 11.0. The van der Waals surface area contributed by atoms with Crippen molar-refractivity contribution in [3.05, 3.63) is 24.0 Å². The highest BCUT2D eigenvalue weighted by Crippen LogP contribution is 2.37. The first-order valence-corrected chi connectivity index (χ1v) is 6.55. The fraction of sp³-hybridized carbons (Fsp3) is 0.571. The Morgan fingerprint density at radius 3 is 2.78 bits per heavy atom. The van der Waals surface area contributed by atoms with Crippen molar-refractivity contribution in [2.24, 2.45) is 5.41 Å². The smallest absolute Gasteiger partial charge is 0.276 e. The molecule has 1 aromatic rings. The van der Waals surface area contributed by atoms with Crippen LogP contribution in [-0.2, 0) is 0 Å². The molecule has 18 heavy (non-hydrogen) atoms. The van der Waals surface area contributed by atoms with Crippen LogP contribution in [0.25, 0.3) is 0 Å². The van der Waals surface area contributed by atoms with E-state index in [-0.39, 0.29) is 22.8 Å². The van der Waals surface area contributed by atoms with E-state index in [9.17, 15) is 9.90 Å². The molecule has 1 aromatic heterocycles. The number of nitrogens with zero attached hydrogens (tertiary/aromatic N) is 2. The molecule has 0 atom stereocenters. The van der Waals surface area contributed by atoms with Gasteiger partial charge in [0.1, 0.15) is 5.75 Å². The topological polar surface area (TPSA) is 53.4 Å². The third-order valence-electron chi connectivity index (χ3n) is 4.21. The monoisotopic (exact) mass is 248 g/mol. The molecule has 0 radical (unpaired) electrons. The molecular formula is C14H20N2O2. The van der Waals surface area contributed by atoms with Crippen LogP contribution in [0.3, 0.4) is 0 Å². The van der Waals surface area contributed by atoms with Crippen molar-refractivity contribution in [3.8, 4) is 5.75 Å². The molecule has 4 heteroatoms. The molecule has 1 N–H and O–H groups in total. The molecule has 98 valence electrons. The van der Waals surface area contributed by atoms with Gasteiger partial charge in [0.15, 0.2) is 5.69 Å². The minimum absolute atomic E-state index is 0.0343. The van der Waals surface area contributed by atoms with E-state index in [1.165, 1.54) is 12.3 Å². The molecule has 4 nitrogen and oxygen atoms in total. The second-order valence-corrected chi connectivity index (χ2v) is 5.05. The fourth-order valence-corrected chi connectivity index (χ4v) is 2.65. The van der Waals surface area contributed by atoms with Gasteiger partial charge < -0.3 is 10.0 Å². The van der Waals surface area contributed by atoms with Crippen LogP contribution in [-0.4, -0.2) is 34.0 Å². The summed E-state index contributed by atoms with van der Waals surface area (Å²) in [6.45, 7) is 5.89. The van der Waals surface area contributed by atoms with Crippen LogP contribution >= 0.6 is 0 Å². The number of pyridine rings is 1. The number of rotatable bonds is 3. The molecule has 0 aliphatic carbocycles. The zero-order valence-electron chi connectivity index (χ0n) is 11.0. The maximum atomic E-state index is 12.3. The van der Waals surface area contributed by atoms with E-state index in [0.29, 0.717) is 0 Å². The molecule has 2 heterocycles. The summed E-state index contributed by atoms with van der Waals surface area (Å²) >= 11 is 0. The number of likely N-dealkylation sites (tertiary alicyclic amines) is 1. The first-order chi connectivity index (χ1) is 8.62. The summed E-state index contributed by atoms with van der Waals surface area (Å²) in [4.78, 5) is 18.1. The summed E-state index contributed by atoms with van der Waals surface area (Å²) in [6, 6.07) is 3.13. The second-order valence-electron chi connectivity index (χ2n) is 5.05. The summed E-state index contributed by atoms with van der Waals surface area (Å²) in [5.74, 6) is -0.190. The Morgan fingerprint density at radius 2 is 2.22 bits per heavy atom. The first-order valence-electron chi connectivity index (χ1n) is 6.55. The third-order valence-corrected chi connectivity index (χ3v) is 4.21. The van der Waals surface area contributed by atoms with E-state index < -0.39 is 0 Å². The molecule has 1 fully saturated rings. The molecule has 0 unspecified atom stereocenters. The van der Waals surface area contributed by atoms with E-state index in [0.717, 1.165) is 32.4 Å². The maximum absolute atomic E-state index is 12.3. The van der Waals surface area contributed by atoms with Crippen LogP contribution in [0.15, 0.2) is 18.3 Å². The minimum Gasteiger partial charge on any atom is -0.505 e. The summed E-state index contributed by atoms with van der Waals surface area (Å²) in [6.07, 6.45) is 4.75. The van der Waals surface area contributed by atoms with Crippen LogP contribution in [0.1, 0.15) is 43.6 Å². The Kier molecular flexibility index (Phi) is 3.55. The molecule has 1 aliphatic rings. The van der Waals surface area contributed by atoms with E-state index in [1.807, 2.05) is 4.90 Å². The predicted octanol–water partition coefficient (Wildman–Crippen LogP) is 2.44. The molecule has 0 aromatic carbocycles. The van der Waals surface area contributed by atoms with E-state index in [4.69, 9.17) is 0 Å². The molecular weight excluding hydrogens is 228 g/mol. The van der Waals surface area contributed by atoms with E-state index in [1.54, 1.807) is 6.07 Å². The molecule has 1 amide bonds. The Bertz CT molecular complexity index is 441. The quantitative estimate of drug-likeness (QED) is 0.893. The number of carbonyl (C=O) groups excluding carboxylic acids is 1. The van der Waals surface area contributed by atoms with E-state index in [2.05, 4.69) is 18.8 Å². The van der Waals surface area contributed by atoms with Crippen LogP contribution in [0.2, 0.25) is 0 Å². The minimum atomic E-state index is -0.156. The van der Waals surface area contributed by atoms with Crippen LogP contribution in [0.4, 0.5) is 0 Å². The molecule has 0 bridgehead atoms. The standard InChI is InChI=1S/C14H20N2O2/c1-3-14(4-2)7-9-16(10-14)13(18)12-11(17)6-5-8-15-12/h5-6,8,17H,3-4,7,9-10H2,1-2H3. The van der Waals surface area contributed by atoms with Gasteiger partial charge in [-0.1, -0.05) is 13.8 Å². The van der Waals surface area contributed by atoms with Gasteiger partial charge in [-0.15, -0.1) is 0 Å². The van der Waals surface area contributed by atoms with Gasteiger partial charge in [-0.25, -0.2) is 4.98 Å². The predicted molar refractivity (Wildman–Crippen MR) is 69.4 cm³/mol. The Hall–Kier alpha value is -1.58. The number of amides is 1. The summed E-state index contributed by atoms with van der Waals surface area (Å²) < 4.78 is 0. The van der Waals surface area contributed by atoms with Crippen molar-refractivity contribution in [2.75, 3.05) is 13.1 Å². The number of carbonyl (C=O) groups is 1. The average molecular weight is 248 g/mol. The van der Waals surface area contributed by atoms with Crippen molar-refractivity contribution in [3.63, 3.8) is 0 Å². The number of hydrogen-bond acceptors (Lipinski definition) is 3. The second kappa shape index (κ2) is 4.96. The number of hydrogen-bond donors (Lipinski definition) is 1. The van der Waals surface area contributed by atoms with Gasteiger partial charge in [0.25, 0.3) is 5.91 Å². The van der Waals surface area contributed by atoms with Crippen molar-refractivity contribution >= 4 is 5.91 Å². The SMILES string of the molecule is CCC1(CC)CCN(C(=O)c2ncccc2O)C1. The maximum Gasteiger partial charge on any atom is 0.276 e. The van der Waals surface area contributed by atoms with Crippen LogP contribution in [0.5, 0.6) is 5.75 Å². The molecule has 2 rings (SSSR count). The fourth-order valence-electron chi connectivity index (χ4n) is 2.65. The number of aromatic nitrogens is 1. The van der Waals surface area contributed by atoms with Crippen molar-refractivity contribution in [1.82, 2.24) is 9.88 Å². The lowest BCUT2D eigenvalue weighted by Gasteiger charge is -2.26. The third kappa shape index (κ3) is 2.19. The lowest BCUT2D eigenvalue weighted by molar-refractivity contribution is 0.0760. The summed E-state index contributed by atoms with van der Waals surface area (Å²) in [7, 11) is 0. The lowest BCUT2D eigenvalue weighted by atomic mass is 9.82. The highest BCUT2D eigenvalue weighted by molar-refractivity contribution is 5.95. The van der Waals surface area contributed by atoms with Crippen molar-refractivity contribution in [2.45, 2.75) is 33.1 Å². The van der Waals surface area contributed by atoms with Gasteiger partial charge >= 0.3 is 0 Å². The Balaban J connectivity index is 2.15. The van der Waals surface area contributed by atoms with Gasteiger partial charge in [-0.05, 0) is 36.8 Å². The average Bonchev–Trinajstić information content (AvgIpc) is 2.84. The Labute approximate surface area is 108 Å². The molecule has 0 saturated carbocycles. The van der Waals surface area contributed by atoms with Gasteiger partial charge in [0, 0.05) is 19.3 Å². The highest BCUT2D eigenvalue weighted by atomic mass is 16.3. The molecule has 1 saturated heterocycles. The van der Waals surface area contributed by atoms with Gasteiger partial charge in [-0.2, -0.15) is 0 Å². The van der Waals surface area contributed by atoms with Crippen LogP contribution in [0, 0.1) is 5.41 Å². The van der Waals surface area contributed by atoms with Gasteiger partial charge in [0.05, 0.1) is 0 Å². The molecule has 1 aliphatic heterocycles. The zero-order chi connectivity index (χ0) is 13.2. The van der Waals surface area contributed by atoms with Crippen molar-refractivity contribution in [1.29, 1.82) is 0 Å². The normalized spacial score (nSPS) is 18.0. The van der Waals surface area contributed by atoms with Gasteiger partial charge in [-0.3, -0.25) is 4.79 Å². The first kappa shape index (κ1) is 12.9. The van der Waals surface area contributed by atoms with Gasteiger partial charge in [0.2, 0.25) is 0 Å². The Morgan fingerprint density at radius 1 is 1.50 bits per heavy atom. The largest absolute Gasteiger partial charge is 0.505 e. The van der Waals surface area contributed by atoms with E-state index >= 15 is 0 Å². The summed E-state index contributed by atoms with van der Waals surface area (Å²) in [5.41, 5.74) is 0.417. The lowest BCUT2D eigenvalue weighted by Crippen LogP contribution is -2.32. The molecule has 0 spiro atoms. The highest BCUT2D eigenvalue weighted by Gasteiger charge is 2.38. The summed E-state index contributed by atoms with van der Waals surface area (Å²) in [5, 5.41) is 9.68. The van der Waals surface area contributed by atoms with Crippen LogP contribution < -0.4 is 0 Å². The number of aromatic hydroxyl groups is 1. The van der Waals surface area contributed by atoms with Crippen molar-refractivity contribution < 1.29 is 9.90 Å².